The summed E-state index contributed by atoms with van der Waals surface area (Å²) < 4.78 is 5.89. The molecule has 0 radical (unpaired) electrons. The standard InChI is InChI=1S/C15H16O2P/c1-2-17-18(13-16,14-9-5-3-6-10-14)15-11-7-4-8-12-15/h3-13H,2H2,1H3/q+1. The molecule has 0 saturated carbocycles. The molecular formula is C15H16O2P+. The van der Waals surface area contributed by atoms with Crippen LogP contribution in [-0.4, -0.2) is 12.6 Å². The summed E-state index contributed by atoms with van der Waals surface area (Å²) in [6.45, 7) is 2.44. The Bertz CT molecular complexity index is 457. The summed E-state index contributed by atoms with van der Waals surface area (Å²) >= 11 is 0. The van der Waals surface area contributed by atoms with Crippen molar-refractivity contribution in [2.24, 2.45) is 0 Å². The number of carbonyl (C=O) groups excluding carboxylic acids is 1. The minimum Gasteiger partial charge on any atom is -0.253 e. The van der Waals surface area contributed by atoms with Crippen molar-refractivity contribution in [1.29, 1.82) is 0 Å². The number of benzene rings is 2. The van der Waals surface area contributed by atoms with Crippen molar-refractivity contribution in [2.75, 3.05) is 6.61 Å². The average molecular weight is 259 g/mol. The van der Waals surface area contributed by atoms with Crippen LogP contribution in [0.15, 0.2) is 60.7 Å². The van der Waals surface area contributed by atoms with Crippen LogP contribution in [-0.2, 0) is 9.32 Å². The molecule has 3 heteroatoms. The van der Waals surface area contributed by atoms with E-state index >= 15 is 0 Å². The Balaban J connectivity index is 2.57. The van der Waals surface area contributed by atoms with E-state index in [9.17, 15) is 4.79 Å². The quantitative estimate of drug-likeness (QED) is 0.609. The minimum absolute atomic E-state index is 0.524. The predicted octanol–water partition coefficient (Wildman–Crippen LogP) is 2.80. The van der Waals surface area contributed by atoms with E-state index in [1.165, 1.54) is 0 Å². The van der Waals surface area contributed by atoms with Gasteiger partial charge in [0, 0.05) is 0 Å². The maximum Gasteiger partial charge on any atom is 0.296 e. The van der Waals surface area contributed by atoms with Crippen LogP contribution in [0.3, 0.4) is 0 Å². The summed E-state index contributed by atoms with van der Waals surface area (Å²) in [6, 6.07) is 20.5. The van der Waals surface area contributed by atoms with E-state index in [1.54, 1.807) is 0 Å². The third kappa shape index (κ3) is 2.35. The summed E-state index contributed by atoms with van der Waals surface area (Å²) in [5.74, 6) is 0. The molecule has 0 atom stereocenters. The maximum atomic E-state index is 11.7. The van der Waals surface area contributed by atoms with Gasteiger partial charge >= 0.3 is 0 Å². The van der Waals surface area contributed by atoms with Gasteiger partial charge in [-0.25, -0.2) is 4.52 Å². The molecule has 0 unspecified atom stereocenters. The lowest BCUT2D eigenvalue weighted by atomic mass is 10.4. The Labute approximate surface area is 108 Å². The van der Waals surface area contributed by atoms with Gasteiger partial charge in [0.15, 0.2) is 0 Å². The molecule has 0 fully saturated rings. The van der Waals surface area contributed by atoms with E-state index < -0.39 is 7.49 Å². The molecule has 0 aromatic heterocycles. The first-order chi connectivity index (χ1) is 8.83. The highest BCUT2D eigenvalue weighted by molar-refractivity contribution is 7.97. The van der Waals surface area contributed by atoms with Crippen molar-refractivity contribution in [2.45, 2.75) is 6.92 Å². The molecule has 0 bridgehead atoms. The molecule has 0 aliphatic heterocycles. The van der Waals surface area contributed by atoms with E-state index in [4.69, 9.17) is 4.52 Å². The van der Waals surface area contributed by atoms with Crippen molar-refractivity contribution in [3.8, 4) is 0 Å². The average Bonchev–Trinajstić information content (AvgIpc) is 2.47. The van der Waals surface area contributed by atoms with Gasteiger partial charge in [-0.2, -0.15) is 0 Å². The van der Waals surface area contributed by atoms with Crippen LogP contribution in [0.5, 0.6) is 0 Å². The van der Waals surface area contributed by atoms with Gasteiger partial charge in [0.25, 0.3) is 13.5 Å². The number of rotatable bonds is 5. The van der Waals surface area contributed by atoms with Crippen LogP contribution in [0.1, 0.15) is 6.92 Å². The molecular weight excluding hydrogens is 243 g/mol. The zero-order valence-electron chi connectivity index (χ0n) is 10.3. The fourth-order valence-electron chi connectivity index (χ4n) is 1.95. The SMILES string of the molecule is CCO[P+](C=O)(c1ccccc1)c1ccccc1. The van der Waals surface area contributed by atoms with E-state index in [2.05, 4.69) is 0 Å². The molecule has 0 aliphatic rings. The van der Waals surface area contributed by atoms with Gasteiger partial charge in [0.05, 0.1) is 6.61 Å². The molecule has 0 aliphatic carbocycles. The third-order valence-electron chi connectivity index (χ3n) is 2.76. The van der Waals surface area contributed by atoms with Crippen molar-refractivity contribution < 1.29 is 9.32 Å². The van der Waals surface area contributed by atoms with Crippen LogP contribution < -0.4 is 10.6 Å². The first-order valence-corrected chi connectivity index (χ1v) is 7.72. The summed E-state index contributed by atoms with van der Waals surface area (Å²) in [4.78, 5) is 11.7. The fourth-order valence-corrected chi connectivity index (χ4v) is 4.49. The summed E-state index contributed by atoms with van der Waals surface area (Å²) in [5.41, 5.74) is 0. The van der Waals surface area contributed by atoms with Crippen LogP contribution in [0.4, 0.5) is 0 Å². The van der Waals surface area contributed by atoms with Crippen molar-refractivity contribution in [3.05, 3.63) is 60.7 Å². The van der Waals surface area contributed by atoms with E-state index in [-0.39, 0.29) is 0 Å². The molecule has 0 amide bonds. The molecule has 0 saturated heterocycles. The number of hydrogen-bond donors (Lipinski definition) is 0. The van der Waals surface area contributed by atoms with Gasteiger partial charge in [0.2, 0.25) is 0 Å². The van der Waals surface area contributed by atoms with Crippen LogP contribution >= 0.6 is 7.49 Å². The van der Waals surface area contributed by atoms with E-state index in [1.807, 2.05) is 67.6 Å². The first-order valence-electron chi connectivity index (χ1n) is 5.94. The Hall–Kier alpha value is -1.50. The Kier molecular flexibility index (Phi) is 4.24. The van der Waals surface area contributed by atoms with Crippen LogP contribution in [0.2, 0.25) is 0 Å². The first kappa shape index (κ1) is 12.9. The fraction of sp³-hybridized carbons (Fsp3) is 0.133. The van der Waals surface area contributed by atoms with Gasteiger partial charge in [-0.3, -0.25) is 4.79 Å². The van der Waals surface area contributed by atoms with Gasteiger partial charge < -0.3 is 0 Å². The highest BCUT2D eigenvalue weighted by Crippen LogP contribution is 2.54. The zero-order chi connectivity index (χ0) is 12.8. The summed E-state index contributed by atoms with van der Waals surface area (Å²) in [7, 11) is -2.36. The molecule has 92 valence electrons. The lowest BCUT2D eigenvalue weighted by Crippen LogP contribution is -2.25. The van der Waals surface area contributed by atoms with E-state index in [0.29, 0.717) is 6.61 Å². The molecule has 0 spiro atoms. The molecule has 18 heavy (non-hydrogen) atoms. The van der Waals surface area contributed by atoms with Crippen LogP contribution in [0, 0.1) is 0 Å². The largest absolute Gasteiger partial charge is 0.296 e. The zero-order valence-corrected chi connectivity index (χ0v) is 11.2. The highest BCUT2D eigenvalue weighted by atomic mass is 31.2. The molecule has 2 aromatic rings. The van der Waals surface area contributed by atoms with Gasteiger partial charge in [-0.15, -0.1) is 0 Å². The van der Waals surface area contributed by atoms with Crippen molar-refractivity contribution in [1.82, 2.24) is 0 Å². The van der Waals surface area contributed by atoms with Gasteiger partial charge in [-0.05, 0) is 31.2 Å². The van der Waals surface area contributed by atoms with Crippen molar-refractivity contribution in [3.63, 3.8) is 0 Å². The Morgan fingerprint density at radius 1 is 0.944 bits per heavy atom. The van der Waals surface area contributed by atoms with Gasteiger partial charge in [0.1, 0.15) is 10.6 Å². The smallest absolute Gasteiger partial charge is 0.253 e. The third-order valence-corrected chi connectivity index (χ3v) is 5.85. The second kappa shape index (κ2) is 5.90. The Morgan fingerprint density at radius 2 is 1.39 bits per heavy atom. The minimum atomic E-state index is -2.36. The monoisotopic (exact) mass is 259 g/mol. The second-order valence-corrected chi connectivity index (χ2v) is 6.67. The van der Waals surface area contributed by atoms with Gasteiger partial charge in [-0.1, -0.05) is 36.4 Å². The highest BCUT2D eigenvalue weighted by Gasteiger charge is 2.45. The number of carbonyl (C=O) groups is 1. The lowest BCUT2D eigenvalue weighted by molar-refractivity contribution is 0.380. The number of hydrogen-bond acceptors (Lipinski definition) is 2. The maximum absolute atomic E-state index is 11.7. The van der Waals surface area contributed by atoms with E-state index in [0.717, 1.165) is 16.6 Å². The van der Waals surface area contributed by atoms with Crippen molar-refractivity contribution >= 4 is 24.1 Å². The molecule has 2 rings (SSSR count). The summed E-state index contributed by atoms with van der Waals surface area (Å²) in [6.07, 6.45) is 0. The molecule has 2 nitrogen and oxygen atoms in total. The Morgan fingerprint density at radius 3 is 1.72 bits per heavy atom. The molecule has 0 heterocycles. The lowest BCUT2D eigenvalue weighted by Gasteiger charge is -2.18. The van der Waals surface area contributed by atoms with Crippen LogP contribution in [0.25, 0.3) is 0 Å². The normalized spacial score (nSPS) is 11.2. The topological polar surface area (TPSA) is 26.3 Å². The molecule has 2 aromatic carbocycles. The predicted molar refractivity (Wildman–Crippen MR) is 77.4 cm³/mol. The summed E-state index contributed by atoms with van der Waals surface area (Å²) in [5, 5.41) is 1.93. The second-order valence-electron chi connectivity index (χ2n) is 3.85. The molecule has 0 N–H and O–H groups in total.